The zero-order valence-electron chi connectivity index (χ0n) is 10.2. The molecule has 0 aliphatic rings. The Morgan fingerprint density at radius 2 is 2.32 bits per heavy atom. The molecule has 1 heterocycles. The summed E-state index contributed by atoms with van der Waals surface area (Å²) in [6, 6.07) is 3.91. The molecule has 3 nitrogen and oxygen atoms in total. The summed E-state index contributed by atoms with van der Waals surface area (Å²) in [5.74, 6) is -1.04. The van der Waals surface area contributed by atoms with Crippen LogP contribution in [0.5, 0.6) is 0 Å². The first kappa shape index (κ1) is 14.0. The van der Waals surface area contributed by atoms with E-state index in [4.69, 9.17) is 11.6 Å². The number of amides is 1. The fourth-order valence-electron chi connectivity index (χ4n) is 1.59. The van der Waals surface area contributed by atoms with E-state index in [0.717, 1.165) is 10.7 Å². The maximum atomic E-state index is 13.4. The predicted molar refractivity (Wildman–Crippen MR) is 74.3 cm³/mol. The Hall–Kier alpha value is -1.46. The van der Waals surface area contributed by atoms with Gasteiger partial charge < -0.3 is 5.32 Å². The van der Waals surface area contributed by atoms with Gasteiger partial charge in [-0.25, -0.2) is 9.37 Å². The van der Waals surface area contributed by atoms with Gasteiger partial charge in [-0.2, -0.15) is 0 Å². The summed E-state index contributed by atoms with van der Waals surface area (Å²) >= 11 is 7.30. The molecule has 0 saturated heterocycles. The number of carbonyl (C=O) groups excluding carboxylic acids is 1. The highest BCUT2D eigenvalue weighted by atomic mass is 35.5. The lowest BCUT2D eigenvalue weighted by Gasteiger charge is -2.05. The van der Waals surface area contributed by atoms with Gasteiger partial charge in [-0.05, 0) is 25.1 Å². The topological polar surface area (TPSA) is 42.0 Å². The standard InChI is InChI=1S/C13H12ClFN2OS/c1-8-17-10(7-19-8)4-5-16-13(18)11-6-9(14)2-3-12(11)15/h2-3,6-7H,4-5H2,1H3,(H,16,18). The Kier molecular flexibility index (Phi) is 4.50. The van der Waals surface area contributed by atoms with Crippen LogP contribution >= 0.6 is 22.9 Å². The minimum Gasteiger partial charge on any atom is -0.352 e. The van der Waals surface area contributed by atoms with Crippen molar-refractivity contribution < 1.29 is 9.18 Å². The van der Waals surface area contributed by atoms with Gasteiger partial charge in [-0.1, -0.05) is 11.6 Å². The second-order valence-electron chi connectivity index (χ2n) is 3.99. The predicted octanol–water partition coefficient (Wildman–Crippen LogP) is 3.22. The van der Waals surface area contributed by atoms with Gasteiger partial charge in [0.2, 0.25) is 0 Å². The Morgan fingerprint density at radius 3 is 3.00 bits per heavy atom. The monoisotopic (exact) mass is 298 g/mol. The first-order chi connectivity index (χ1) is 9.06. The van der Waals surface area contributed by atoms with Crippen LogP contribution in [0.4, 0.5) is 4.39 Å². The Balaban J connectivity index is 1.92. The Labute approximate surface area is 119 Å². The lowest BCUT2D eigenvalue weighted by Crippen LogP contribution is -2.26. The number of hydrogen-bond acceptors (Lipinski definition) is 3. The summed E-state index contributed by atoms with van der Waals surface area (Å²) in [6.07, 6.45) is 0.623. The molecule has 100 valence electrons. The number of carbonyl (C=O) groups is 1. The molecule has 1 N–H and O–H groups in total. The van der Waals surface area contributed by atoms with Crippen LogP contribution in [-0.4, -0.2) is 17.4 Å². The van der Waals surface area contributed by atoms with Gasteiger partial charge in [-0.3, -0.25) is 4.79 Å². The number of aromatic nitrogens is 1. The SMILES string of the molecule is Cc1nc(CCNC(=O)c2cc(Cl)ccc2F)cs1. The number of thiazole rings is 1. The van der Waals surface area contributed by atoms with Crippen molar-refractivity contribution in [3.05, 3.63) is 50.7 Å². The van der Waals surface area contributed by atoms with Crippen LogP contribution in [-0.2, 0) is 6.42 Å². The maximum Gasteiger partial charge on any atom is 0.254 e. The van der Waals surface area contributed by atoms with Gasteiger partial charge in [0.05, 0.1) is 16.3 Å². The van der Waals surface area contributed by atoms with Crippen molar-refractivity contribution in [2.75, 3.05) is 6.54 Å². The fourth-order valence-corrected chi connectivity index (χ4v) is 2.41. The lowest BCUT2D eigenvalue weighted by molar-refractivity contribution is 0.0950. The largest absolute Gasteiger partial charge is 0.352 e. The number of halogens is 2. The summed E-state index contributed by atoms with van der Waals surface area (Å²) in [5, 5.41) is 5.92. The van der Waals surface area contributed by atoms with Gasteiger partial charge in [-0.15, -0.1) is 11.3 Å². The zero-order valence-corrected chi connectivity index (χ0v) is 11.8. The molecule has 0 saturated carbocycles. The maximum absolute atomic E-state index is 13.4. The first-order valence-corrected chi connectivity index (χ1v) is 6.96. The minimum absolute atomic E-state index is 0.0399. The molecule has 1 amide bonds. The van der Waals surface area contributed by atoms with Crippen LogP contribution in [0.15, 0.2) is 23.6 Å². The molecule has 6 heteroatoms. The van der Waals surface area contributed by atoms with Crippen LogP contribution in [0.2, 0.25) is 5.02 Å². The molecule has 1 aromatic carbocycles. The number of nitrogens with zero attached hydrogens (tertiary/aromatic N) is 1. The van der Waals surface area contributed by atoms with Crippen LogP contribution in [0.3, 0.4) is 0 Å². The third kappa shape index (κ3) is 3.75. The van der Waals surface area contributed by atoms with Crippen LogP contribution in [0, 0.1) is 12.7 Å². The zero-order chi connectivity index (χ0) is 13.8. The van der Waals surface area contributed by atoms with Gasteiger partial charge >= 0.3 is 0 Å². The van der Waals surface area contributed by atoms with E-state index in [1.807, 2.05) is 12.3 Å². The Bertz CT molecular complexity index is 600. The molecule has 0 radical (unpaired) electrons. The van der Waals surface area contributed by atoms with E-state index in [2.05, 4.69) is 10.3 Å². The number of rotatable bonds is 4. The van der Waals surface area contributed by atoms with E-state index in [0.29, 0.717) is 18.0 Å². The molecule has 1 aromatic heterocycles. The van der Waals surface area contributed by atoms with Gasteiger partial charge in [0.15, 0.2) is 0 Å². The van der Waals surface area contributed by atoms with Crippen molar-refractivity contribution in [1.82, 2.24) is 10.3 Å². The van der Waals surface area contributed by atoms with Crippen LogP contribution in [0.1, 0.15) is 21.1 Å². The molecule has 2 rings (SSSR count). The third-order valence-electron chi connectivity index (χ3n) is 2.51. The molecule has 0 fully saturated rings. The van der Waals surface area contributed by atoms with E-state index in [9.17, 15) is 9.18 Å². The van der Waals surface area contributed by atoms with Gasteiger partial charge in [0, 0.05) is 23.4 Å². The summed E-state index contributed by atoms with van der Waals surface area (Å²) in [7, 11) is 0. The van der Waals surface area contributed by atoms with E-state index in [-0.39, 0.29) is 5.56 Å². The second-order valence-corrected chi connectivity index (χ2v) is 5.49. The summed E-state index contributed by atoms with van der Waals surface area (Å²) in [4.78, 5) is 16.1. The van der Waals surface area contributed by atoms with E-state index in [1.165, 1.54) is 18.2 Å². The molecule has 19 heavy (non-hydrogen) atoms. The summed E-state index contributed by atoms with van der Waals surface area (Å²) in [5.41, 5.74) is 0.885. The van der Waals surface area contributed by atoms with E-state index >= 15 is 0 Å². The summed E-state index contributed by atoms with van der Waals surface area (Å²) < 4.78 is 13.4. The average Bonchev–Trinajstić information content (AvgIpc) is 2.78. The molecule has 0 aliphatic heterocycles. The molecule has 0 aliphatic carbocycles. The van der Waals surface area contributed by atoms with Crippen molar-refractivity contribution in [3.8, 4) is 0 Å². The molecule has 0 unspecified atom stereocenters. The van der Waals surface area contributed by atoms with Gasteiger partial charge in [0.25, 0.3) is 5.91 Å². The number of benzene rings is 1. The minimum atomic E-state index is -0.577. The van der Waals surface area contributed by atoms with Crippen molar-refractivity contribution in [1.29, 1.82) is 0 Å². The summed E-state index contributed by atoms with van der Waals surface area (Å²) in [6.45, 7) is 2.34. The van der Waals surface area contributed by atoms with Crippen molar-refractivity contribution in [3.63, 3.8) is 0 Å². The highest BCUT2D eigenvalue weighted by Gasteiger charge is 2.11. The number of hydrogen-bond donors (Lipinski definition) is 1. The third-order valence-corrected chi connectivity index (χ3v) is 3.56. The first-order valence-electron chi connectivity index (χ1n) is 5.70. The fraction of sp³-hybridized carbons (Fsp3) is 0.231. The van der Waals surface area contributed by atoms with Crippen molar-refractivity contribution in [2.45, 2.75) is 13.3 Å². The van der Waals surface area contributed by atoms with E-state index in [1.54, 1.807) is 11.3 Å². The number of nitrogens with one attached hydrogen (secondary N) is 1. The normalized spacial score (nSPS) is 10.5. The molecular weight excluding hydrogens is 287 g/mol. The van der Waals surface area contributed by atoms with Gasteiger partial charge in [0.1, 0.15) is 5.82 Å². The molecule has 0 bridgehead atoms. The Morgan fingerprint density at radius 1 is 1.53 bits per heavy atom. The molecular formula is C13H12ClFN2OS. The van der Waals surface area contributed by atoms with Crippen LogP contribution in [0.25, 0.3) is 0 Å². The van der Waals surface area contributed by atoms with Crippen molar-refractivity contribution in [2.24, 2.45) is 0 Å². The van der Waals surface area contributed by atoms with Crippen LogP contribution < -0.4 is 5.32 Å². The van der Waals surface area contributed by atoms with E-state index < -0.39 is 11.7 Å². The highest BCUT2D eigenvalue weighted by molar-refractivity contribution is 7.09. The quantitative estimate of drug-likeness (QED) is 0.942. The smallest absolute Gasteiger partial charge is 0.254 e. The lowest BCUT2D eigenvalue weighted by atomic mass is 10.2. The van der Waals surface area contributed by atoms with Crippen molar-refractivity contribution >= 4 is 28.8 Å². The second kappa shape index (κ2) is 6.12. The molecule has 0 spiro atoms. The molecule has 2 aromatic rings. The highest BCUT2D eigenvalue weighted by Crippen LogP contribution is 2.14. The average molecular weight is 299 g/mol. The molecule has 0 atom stereocenters. The number of aryl methyl sites for hydroxylation is 1.